The lowest BCUT2D eigenvalue weighted by Gasteiger charge is -2.37. The minimum atomic E-state index is -4.43. The van der Waals surface area contributed by atoms with Crippen LogP contribution in [-0.2, 0) is 60.1 Å². The molecule has 0 spiro atoms. The summed E-state index contributed by atoms with van der Waals surface area (Å²) in [5.74, 6) is -8.24. The number of hydrogen-bond acceptors (Lipinski definition) is 12. The molecule has 0 radical (unpaired) electrons. The molecule has 3 saturated heterocycles. The number of hydrogen-bond donors (Lipinski definition) is 0. The van der Waals surface area contributed by atoms with Crippen molar-refractivity contribution in [2.45, 2.75) is 69.0 Å². The lowest BCUT2D eigenvalue weighted by Crippen LogP contribution is -2.36. The molecule has 0 N–H and O–H groups in total. The van der Waals surface area contributed by atoms with E-state index in [0.717, 1.165) is 69.9 Å². The van der Waals surface area contributed by atoms with Gasteiger partial charge in [0.15, 0.2) is 29.1 Å². The fraction of sp³-hybridized carbons (Fsp3) is 0.333. The van der Waals surface area contributed by atoms with Gasteiger partial charge in [0.2, 0.25) is 0 Å². The van der Waals surface area contributed by atoms with Crippen molar-refractivity contribution in [2.24, 2.45) is 0 Å². The fourth-order valence-corrected chi connectivity index (χ4v) is 18.0. The minimum absolute atomic E-state index is 0.000167. The Morgan fingerprint density at radius 3 is 1.34 bits per heavy atom. The van der Waals surface area contributed by atoms with Crippen molar-refractivity contribution >= 4 is 55.9 Å². The molecule has 12 rings (SSSR count). The largest absolute Gasteiger partial charge is 0.440 e. The van der Waals surface area contributed by atoms with Crippen LogP contribution in [0.3, 0.4) is 0 Å². The predicted molar refractivity (Wildman–Crippen MR) is 320 cm³/mol. The van der Waals surface area contributed by atoms with Gasteiger partial charge in [-0.05, 0) is 135 Å². The summed E-state index contributed by atoms with van der Waals surface area (Å²) in [4.78, 5) is 5.92. The molecule has 6 heterocycles. The van der Waals surface area contributed by atoms with E-state index in [1.807, 2.05) is 79.3 Å². The van der Waals surface area contributed by atoms with Crippen LogP contribution in [0.2, 0.25) is 0 Å². The molecule has 25 heteroatoms. The summed E-state index contributed by atoms with van der Waals surface area (Å²) in [5, 5.41) is 2.32. The fourth-order valence-electron chi connectivity index (χ4n) is 12.0. The molecule has 0 aliphatic carbocycles. The van der Waals surface area contributed by atoms with Crippen molar-refractivity contribution in [3.63, 3.8) is 0 Å². The van der Waals surface area contributed by atoms with Crippen LogP contribution >= 0.6 is 23.2 Å². The molecule has 0 amide bonds. The average Bonchev–Trinajstić information content (AvgIpc) is 1.63. The van der Waals surface area contributed by atoms with Crippen molar-refractivity contribution in [1.29, 1.82) is 0 Å². The van der Waals surface area contributed by atoms with Gasteiger partial charge in [0.05, 0.1) is 53.7 Å². The van der Waals surface area contributed by atoms with Crippen LogP contribution in [-0.4, -0.2) is 107 Å². The number of aromatic nitrogens is 3. The number of benzene rings is 6. The second-order valence-corrected chi connectivity index (χ2v) is 28.5. The van der Waals surface area contributed by atoms with Crippen LogP contribution in [0.4, 0.5) is 30.7 Å². The van der Waals surface area contributed by atoms with Crippen LogP contribution in [0.1, 0.15) is 71.0 Å². The Hall–Kier alpha value is -6.22. The maximum absolute atomic E-state index is 15.7. The highest BCUT2D eigenvalue weighted by Crippen LogP contribution is 2.63. The Morgan fingerprint density at radius 2 is 0.875 bits per heavy atom. The van der Waals surface area contributed by atoms with Crippen LogP contribution in [0, 0.1) is 40.7 Å². The molecular formula is C63H64F7N6O9P3. The van der Waals surface area contributed by atoms with Crippen LogP contribution < -0.4 is 0 Å². The van der Waals surface area contributed by atoms with E-state index in [2.05, 4.69) is 0 Å². The zero-order valence-electron chi connectivity index (χ0n) is 48.5. The zero-order valence-corrected chi connectivity index (χ0v) is 51.2. The molecule has 3 fully saturated rings. The predicted octanol–water partition coefficient (Wildman–Crippen LogP) is 15.1. The molecule has 464 valence electrons. The molecule has 88 heavy (non-hydrogen) atoms. The normalized spacial score (nSPS) is 24.5. The van der Waals surface area contributed by atoms with Crippen molar-refractivity contribution in [3.05, 3.63) is 214 Å². The van der Waals surface area contributed by atoms with Crippen LogP contribution in [0.5, 0.6) is 0 Å². The summed E-state index contributed by atoms with van der Waals surface area (Å²) in [5.41, 5.74) is 4.45. The summed E-state index contributed by atoms with van der Waals surface area (Å²) in [6.45, 7) is 1.80. The van der Waals surface area contributed by atoms with E-state index in [4.69, 9.17) is 27.1 Å². The van der Waals surface area contributed by atoms with Gasteiger partial charge in [-0.3, -0.25) is 40.2 Å². The first-order valence-corrected chi connectivity index (χ1v) is 33.3. The molecule has 9 aromatic rings. The van der Waals surface area contributed by atoms with Crippen molar-refractivity contribution in [2.75, 3.05) is 67.5 Å². The number of para-hydroxylation sites is 3. The van der Waals surface area contributed by atoms with Gasteiger partial charge in [-0.1, -0.05) is 60.7 Å². The van der Waals surface area contributed by atoms with Gasteiger partial charge in [-0.2, -0.15) is 0 Å². The Balaban J connectivity index is 0.780. The first-order valence-electron chi connectivity index (χ1n) is 28.9. The van der Waals surface area contributed by atoms with Crippen molar-refractivity contribution < 1.29 is 71.6 Å². The summed E-state index contributed by atoms with van der Waals surface area (Å²) < 4.78 is 190. The maximum atomic E-state index is 15.7. The molecule has 8 unspecified atom stereocenters. The van der Waals surface area contributed by atoms with E-state index in [1.165, 1.54) is 19.1 Å². The van der Waals surface area contributed by atoms with Gasteiger partial charge >= 0.3 is 23.2 Å². The Labute approximate surface area is 503 Å². The van der Waals surface area contributed by atoms with E-state index in [0.29, 0.717) is 66.4 Å². The summed E-state index contributed by atoms with van der Waals surface area (Å²) in [6, 6.07) is 30.0. The molecule has 3 aliphatic heterocycles. The molecule has 3 aliphatic rings. The summed E-state index contributed by atoms with van der Waals surface area (Å²) in [6.07, 6.45) is 2.06. The van der Waals surface area contributed by atoms with E-state index in [9.17, 15) is 35.3 Å². The minimum Gasteiger partial charge on any atom is -0.309 e. The number of nitrogens with zero attached hydrogens (tertiary/aromatic N) is 6. The van der Waals surface area contributed by atoms with Gasteiger partial charge in [0.1, 0.15) is 11.6 Å². The monoisotopic (exact) mass is 1270 g/mol. The second-order valence-electron chi connectivity index (χ2n) is 23.0. The topological polar surface area (TPSA) is 131 Å². The molecule has 15 nitrogen and oxygen atoms in total. The second kappa shape index (κ2) is 25.2. The highest BCUT2D eigenvalue weighted by atomic mass is 31.2. The van der Waals surface area contributed by atoms with E-state index in [-0.39, 0.29) is 50.1 Å². The zero-order chi connectivity index (χ0) is 61.8. The summed E-state index contributed by atoms with van der Waals surface area (Å²) in [7, 11) is -5.26. The van der Waals surface area contributed by atoms with Crippen LogP contribution in [0.15, 0.2) is 140 Å². The summed E-state index contributed by atoms with van der Waals surface area (Å²) >= 11 is 0. The number of rotatable bonds is 19. The molecule has 8 atom stereocenters. The number of fused-ring (bicyclic) bond motifs is 3. The third-order valence-corrected chi connectivity index (χ3v) is 22.2. The quantitative estimate of drug-likeness (QED) is 0.0434. The first kappa shape index (κ1) is 62.0. The van der Waals surface area contributed by atoms with Crippen molar-refractivity contribution in [1.82, 2.24) is 27.7 Å². The van der Waals surface area contributed by atoms with Gasteiger partial charge in [0, 0.05) is 92.8 Å². The first-order chi connectivity index (χ1) is 42.1. The van der Waals surface area contributed by atoms with E-state index in [1.54, 1.807) is 55.0 Å². The van der Waals surface area contributed by atoms with Crippen LogP contribution in [0.25, 0.3) is 32.7 Å². The Morgan fingerprint density at radius 1 is 0.455 bits per heavy atom. The van der Waals surface area contributed by atoms with Gasteiger partial charge in [0.25, 0.3) is 0 Å². The van der Waals surface area contributed by atoms with Crippen molar-refractivity contribution in [3.8, 4) is 0 Å². The highest BCUT2D eigenvalue weighted by molar-refractivity contribution is 7.53. The molecule has 0 bridgehead atoms. The Kier molecular flexibility index (Phi) is 17.8. The lowest BCUT2D eigenvalue weighted by atomic mass is 10.0. The van der Waals surface area contributed by atoms with Gasteiger partial charge in [-0.15, -0.1) is 0 Å². The number of likely N-dealkylation sites (N-methyl/N-ethyl adjacent to an activating group) is 3. The number of halogens is 7. The highest BCUT2D eigenvalue weighted by Gasteiger charge is 2.45. The molecule has 3 aromatic heterocycles. The SMILES string of the molecule is CN(C)CCc1cn(P2(=O)OC(CN(C)CCc3cn(P4(=O)OC(CN(C)CCc5cn(P6(=O)OCCC(c7ccc(F)c(F)c7)O6)c6ccccc56)CC(c5cc(F)cc(F)c5)O4)c4ccccc34)CC(c3cc(F)c(F)c(F)c3)O2)c2ccccc12. The Bertz CT molecular complexity index is 4200. The average molecular weight is 1280 g/mol. The lowest BCUT2D eigenvalue weighted by molar-refractivity contribution is 0.0125. The maximum Gasteiger partial charge on any atom is 0.440 e. The standard InChI is InChI=1S/C63H64F7N6O9P3/c1-71(2)23-19-41-36-75(58-15-9-6-11-50(41)58)88(79)82-49(34-62(85-88)45-30-55(68)63(70)56(69)31-45)39-73(4)25-21-43-37-76(59-16-10-7-13-52(43)59)87(78)81-48(33-61(84-87)44-27-46(64)32-47(65)28-44)38-72(3)24-20-42-35-74(57-14-8-5-12-51(42)57)86(77)80-26-22-60(83-86)40-17-18-53(66)54(67)29-40/h5-18,27-32,35-37,48-49,60-62H,19-26,33-34,38-39H2,1-4H3. The van der Waals surface area contributed by atoms with E-state index >= 15 is 9.13 Å². The van der Waals surface area contributed by atoms with E-state index < -0.39 is 94.5 Å². The van der Waals surface area contributed by atoms with Gasteiger partial charge < -0.3 is 14.7 Å². The molecular weight excluding hydrogens is 1210 g/mol. The third-order valence-electron chi connectivity index (χ3n) is 16.4. The van der Waals surface area contributed by atoms with Gasteiger partial charge in [-0.25, -0.2) is 44.4 Å². The smallest absolute Gasteiger partial charge is 0.309 e. The molecule has 0 saturated carbocycles. The third kappa shape index (κ3) is 12.8. The molecule has 6 aromatic carbocycles.